The number of nitrogens with two attached hydrogens (primary N) is 1. The second-order valence-corrected chi connectivity index (χ2v) is 8.14. The Morgan fingerprint density at radius 2 is 1.88 bits per heavy atom. The molecule has 1 aliphatic rings. The molecule has 0 unspecified atom stereocenters. The van der Waals surface area contributed by atoms with E-state index in [4.69, 9.17) is 19.6 Å². The van der Waals surface area contributed by atoms with E-state index in [-0.39, 0.29) is 17.3 Å². The molecule has 2 N–H and O–H groups in total. The van der Waals surface area contributed by atoms with Crippen LogP contribution in [0.15, 0.2) is 51.9 Å². The monoisotopic (exact) mass is 436 g/mol. The third-order valence-corrected chi connectivity index (χ3v) is 6.20. The fourth-order valence-corrected chi connectivity index (χ4v) is 4.17. The van der Waals surface area contributed by atoms with E-state index >= 15 is 0 Å². The normalized spacial score (nSPS) is 15.1. The zero-order valence-corrected chi connectivity index (χ0v) is 18.4. The van der Waals surface area contributed by atoms with Gasteiger partial charge in [0.15, 0.2) is 0 Å². The average Bonchev–Trinajstić information content (AvgIpc) is 2.81. The fourth-order valence-electron chi connectivity index (χ4n) is 4.17. The molecule has 1 amide bonds. The molecule has 7 heteroatoms. The third-order valence-electron chi connectivity index (χ3n) is 6.20. The molecule has 4 rings (SSSR count). The summed E-state index contributed by atoms with van der Waals surface area (Å²) in [5, 5.41) is 0.525. The van der Waals surface area contributed by atoms with E-state index in [0.29, 0.717) is 28.9 Å². The summed E-state index contributed by atoms with van der Waals surface area (Å²) in [7, 11) is 1.60. The van der Waals surface area contributed by atoms with Crippen molar-refractivity contribution < 1.29 is 18.7 Å². The van der Waals surface area contributed by atoms with Crippen molar-refractivity contribution in [2.45, 2.75) is 19.8 Å². The number of methoxy groups -OCH3 is 1. The number of fused-ring (bicyclic) bond motifs is 1. The Labute approximate surface area is 186 Å². The lowest BCUT2D eigenvalue weighted by molar-refractivity contribution is -0.123. The van der Waals surface area contributed by atoms with Gasteiger partial charge in [-0.2, -0.15) is 0 Å². The summed E-state index contributed by atoms with van der Waals surface area (Å²) in [6.45, 7) is 4.87. The number of ether oxygens (including phenoxy) is 2. The van der Waals surface area contributed by atoms with Crippen LogP contribution in [0.3, 0.4) is 0 Å². The Balaban J connectivity index is 1.46. The predicted octanol–water partition coefficient (Wildman–Crippen LogP) is 3.35. The van der Waals surface area contributed by atoms with E-state index in [2.05, 4.69) is 4.90 Å². The van der Waals surface area contributed by atoms with E-state index in [1.54, 1.807) is 13.2 Å². The standard InChI is InChI=1S/C25H28N2O5/c1-16-22(31-14-13-27-11-9-18(10-12-27)25(26)29)8-7-20-23(28)21(15-32-24(16)20)17-3-5-19(30-2)6-4-17/h3-8,15,18H,9-14H2,1-2H3,(H2,26,29). The second kappa shape index (κ2) is 9.44. The molecule has 32 heavy (non-hydrogen) atoms. The number of carbonyl (C=O) groups excluding carboxylic acids is 1. The Morgan fingerprint density at radius 3 is 2.53 bits per heavy atom. The molecule has 1 saturated heterocycles. The molecule has 0 spiro atoms. The number of hydrogen-bond acceptors (Lipinski definition) is 6. The predicted molar refractivity (Wildman–Crippen MR) is 123 cm³/mol. The molecule has 7 nitrogen and oxygen atoms in total. The van der Waals surface area contributed by atoms with Gasteiger partial charge in [0.25, 0.3) is 0 Å². The van der Waals surface area contributed by atoms with Crippen LogP contribution in [0.1, 0.15) is 18.4 Å². The highest BCUT2D eigenvalue weighted by atomic mass is 16.5. The minimum Gasteiger partial charge on any atom is -0.497 e. The highest BCUT2D eigenvalue weighted by molar-refractivity contribution is 5.85. The van der Waals surface area contributed by atoms with Gasteiger partial charge in [-0.05, 0) is 62.7 Å². The number of benzene rings is 2. The minimum absolute atomic E-state index is 0.0133. The third kappa shape index (κ3) is 4.48. The lowest BCUT2D eigenvalue weighted by Crippen LogP contribution is -2.40. The maximum atomic E-state index is 13.1. The van der Waals surface area contributed by atoms with Crippen LogP contribution < -0.4 is 20.6 Å². The molecule has 1 fully saturated rings. The molecule has 0 bridgehead atoms. The van der Waals surface area contributed by atoms with Gasteiger partial charge in [0.05, 0.1) is 18.1 Å². The van der Waals surface area contributed by atoms with Crippen LogP contribution in [0.25, 0.3) is 22.1 Å². The summed E-state index contributed by atoms with van der Waals surface area (Å²) in [5.74, 6) is 1.21. The first kappa shape index (κ1) is 21.9. The van der Waals surface area contributed by atoms with Crippen LogP contribution in [0.5, 0.6) is 11.5 Å². The van der Waals surface area contributed by atoms with Gasteiger partial charge in [0, 0.05) is 18.0 Å². The van der Waals surface area contributed by atoms with Crippen molar-refractivity contribution in [1.29, 1.82) is 0 Å². The summed E-state index contributed by atoms with van der Waals surface area (Å²) >= 11 is 0. The van der Waals surface area contributed by atoms with E-state index < -0.39 is 0 Å². The summed E-state index contributed by atoms with van der Waals surface area (Å²) in [6, 6.07) is 10.9. The first-order valence-corrected chi connectivity index (χ1v) is 10.8. The molecule has 2 aromatic carbocycles. The van der Waals surface area contributed by atoms with E-state index in [0.717, 1.165) is 49.4 Å². The Kier molecular flexibility index (Phi) is 6.46. The number of carbonyl (C=O) groups is 1. The number of aryl methyl sites for hydroxylation is 1. The highest BCUT2D eigenvalue weighted by Crippen LogP contribution is 2.28. The maximum absolute atomic E-state index is 13.1. The molecule has 0 radical (unpaired) electrons. The SMILES string of the molecule is COc1ccc(-c2coc3c(C)c(OCCN4CCC(C(N)=O)CC4)ccc3c2=O)cc1. The largest absolute Gasteiger partial charge is 0.497 e. The molecule has 168 valence electrons. The van der Waals surface area contributed by atoms with Crippen LogP contribution in [-0.4, -0.2) is 44.2 Å². The molecular weight excluding hydrogens is 408 g/mol. The van der Waals surface area contributed by atoms with Crippen LogP contribution in [-0.2, 0) is 4.79 Å². The molecule has 0 saturated carbocycles. The van der Waals surface area contributed by atoms with Gasteiger partial charge in [-0.3, -0.25) is 14.5 Å². The number of amides is 1. The molecule has 1 aliphatic heterocycles. The van der Waals surface area contributed by atoms with Gasteiger partial charge in [-0.1, -0.05) is 12.1 Å². The lowest BCUT2D eigenvalue weighted by Gasteiger charge is -2.30. The second-order valence-electron chi connectivity index (χ2n) is 8.14. The molecular formula is C25H28N2O5. The van der Waals surface area contributed by atoms with Gasteiger partial charge in [-0.25, -0.2) is 0 Å². The Bertz CT molecular complexity index is 1160. The van der Waals surface area contributed by atoms with Gasteiger partial charge in [0.1, 0.15) is 30.0 Å². The van der Waals surface area contributed by atoms with Crippen molar-refractivity contribution in [2.75, 3.05) is 33.4 Å². The summed E-state index contributed by atoms with van der Waals surface area (Å²) in [6.07, 6.45) is 3.10. The number of rotatable bonds is 7. The van der Waals surface area contributed by atoms with Crippen molar-refractivity contribution in [3.8, 4) is 22.6 Å². The lowest BCUT2D eigenvalue weighted by atomic mass is 9.96. The smallest absolute Gasteiger partial charge is 0.220 e. The van der Waals surface area contributed by atoms with Gasteiger partial charge < -0.3 is 19.6 Å². The molecule has 0 aliphatic carbocycles. The zero-order chi connectivity index (χ0) is 22.7. The Morgan fingerprint density at radius 1 is 1.16 bits per heavy atom. The highest BCUT2D eigenvalue weighted by Gasteiger charge is 2.23. The zero-order valence-electron chi connectivity index (χ0n) is 18.4. The molecule has 1 aromatic heterocycles. The van der Waals surface area contributed by atoms with Gasteiger partial charge >= 0.3 is 0 Å². The van der Waals surface area contributed by atoms with Crippen LogP contribution >= 0.6 is 0 Å². The number of likely N-dealkylation sites (tertiary alicyclic amines) is 1. The summed E-state index contributed by atoms with van der Waals surface area (Å²) in [4.78, 5) is 26.6. The molecule has 2 heterocycles. The Hall–Kier alpha value is -3.32. The number of primary amides is 1. The van der Waals surface area contributed by atoms with Crippen LogP contribution in [0, 0.1) is 12.8 Å². The quantitative estimate of drug-likeness (QED) is 0.610. The van der Waals surface area contributed by atoms with Crippen molar-refractivity contribution in [2.24, 2.45) is 11.7 Å². The summed E-state index contributed by atoms with van der Waals surface area (Å²) < 4.78 is 17.0. The molecule has 3 aromatic rings. The number of piperidine rings is 1. The molecule has 0 atom stereocenters. The first-order valence-electron chi connectivity index (χ1n) is 10.8. The van der Waals surface area contributed by atoms with Crippen molar-refractivity contribution in [3.05, 3.63) is 58.4 Å². The van der Waals surface area contributed by atoms with Crippen molar-refractivity contribution >= 4 is 16.9 Å². The maximum Gasteiger partial charge on any atom is 0.220 e. The van der Waals surface area contributed by atoms with Crippen LogP contribution in [0.4, 0.5) is 0 Å². The van der Waals surface area contributed by atoms with E-state index in [1.165, 1.54) is 6.26 Å². The topological polar surface area (TPSA) is 95.0 Å². The van der Waals surface area contributed by atoms with Crippen molar-refractivity contribution in [1.82, 2.24) is 4.90 Å². The van der Waals surface area contributed by atoms with Crippen molar-refractivity contribution in [3.63, 3.8) is 0 Å². The van der Waals surface area contributed by atoms with Gasteiger partial charge in [0.2, 0.25) is 11.3 Å². The number of hydrogen-bond donors (Lipinski definition) is 1. The van der Waals surface area contributed by atoms with Gasteiger partial charge in [-0.15, -0.1) is 0 Å². The fraction of sp³-hybridized carbons (Fsp3) is 0.360. The van der Waals surface area contributed by atoms with Crippen LogP contribution in [0.2, 0.25) is 0 Å². The first-order chi connectivity index (χ1) is 15.5. The van der Waals surface area contributed by atoms with E-state index in [9.17, 15) is 9.59 Å². The van der Waals surface area contributed by atoms with E-state index in [1.807, 2.05) is 37.3 Å². The summed E-state index contributed by atoms with van der Waals surface area (Å²) in [5.41, 5.74) is 7.94. The minimum atomic E-state index is -0.204. The number of nitrogens with zero attached hydrogens (tertiary/aromatic N) is 1. The average molecular weight is 437 g/mol.